The van der Waals surface area contributed by atoms with E-state index >= 15 is 0 Å². The van der Waals surface area contributed by atoms with E-state index in [2.05, 4.69) is 135 Å². The second-order valence-electron chi connectivity index (χ2n) is 14.4. The largest absolute Gasteiger partial charge is 0.457 e. The third-order valence-electron chi connectivity index (χ3n) is 10.0. The summed E-state index contributed by atoms with van der Waals surface area (Å²) >= 11 is 0. The van der Waals surface area contributed by atoms with E-state index in [-0.39, 0.29) is 12.3 Å². The average molecular weight is 665 g/mol. The second-order valence-corrected chi connectivity index (χ2v) is 14.4. The van der Waals surface area contributed by atoms with Crippen LogP contribution in [0.15, 0.2) is 139 Å². The molecule has 8 heteroatoms. The lowest BCUT2D eigenvalue weighted by Gasteiger charge is -2.34. The van der Waals surface area contributed by atoms with Crippen molar-refractivity contribution in [2.45, 2.75) is 40.0 Å². The first-order valence-electron chi connectivity index (χ1n) is 17.4. The van der Waals surface area contributed by atoms with Gasteiger partial charge in [-0.2, -0.15) is 5.10 Å². The van der Waals surface area contributed by atoms with E-state index in [0.717, 1.165) is 56.5 Å². The summed E-state index contributed by atoms with van der Waals surface area (Å²) in [6, 6.07) is 33.7. The fourth-order valence-corrected chi connectivity index (χ4v) is 7.53. The van der Waals surface area contributed by atoms with Gasteiger partial charge in [0.2, 0.25) is 0 Å². The Kier molecular flexibility index (Phi) is 7.10. The van der Waals surface area contributed by atoms with E-state index in [1.54, 1.807) is 0 Å². The number of aromatic nitrogens is 4. The number of benzene rings is 4. The Morgan fingerprint density at radius 3 is 2.37 bits per heavy atom. The number of ether oxygens (including phenoxy) is 1. The Balaban J connectivity index is 1.13. The van der Waals surface area contributed by atoms with Crippen LogP contribution in [0.3, 0.4) is 0 Å². The van der Waals surface area contributed by atoms with Crippen LogP contribution in [0.25, 0.3) is 33.3 Å². The van der Waals surface area contributed by atoms with Crippen LogP contribution in [0.1, 0.15) is 37.5 Å². The van der Waals surface area contributed by atoms with Crippen LogP contribution in [0, 0.1) is 13.8 Å². The van der Waals surface area contributed by atoms with Gasteiger partial charge in [0.25, 0.3) is 0 Å². The third-order valence-corrected chi connectivity index (χ3v) is 10.0. The summed E-state index contributed by atoms with van der Waals surface area (Å²) in [6.07, 6.45) is 12.0. The van der Waals surface area contributed by atoms with Gasteiger partial charge in [-0.05, 0) is 91.1 Å². The molecule has 51 heavy (non-hydrogen) atoms. The first-order chi connectivity index (χ1) is 24.7. The maximum absolute atomic E-state index is 6.64. The zero-order valence-electron chi connectivity index (χ0n) is 29.4. The number of aliphatic imine (C=N–C) groups is 1. The number of amidine groups is 1. The van der Waals surface area contributed by atoms with Gasteiger partial charge in [0.05, 0.1) is 28.5 Å². The topological polar surface area (TPSA) is 60.5 Å². The molecule has 3 aromatic heterocycles. The fourth-order valence-electron chi connectivity index (χ4n) is 7.53. The van der Waals surface area contributed by atoms with Gasteiger partial charge in [-0.1, -0.05) is 80.4 Å². The van der Waals surface area contributed by atoms with Gasteiger partial charge in [0.15, 0.2) is 0 Å². The van der Waals surface area contributed by atoms with Gasteiger partial charge in [-0.25, -0.2) is 14.7 Å². The van der Waals surface area contributed by atoms with E-state index in [1.807, 2.05) is 47.4 Å². The number of fused-ring (bicyclic) bond motifs is 5. The predicted molar refractivity (Wildman–Crippen MR) is 209 cm³/mol. The zero-order chi connectivity index (χ0) is 34.9. The van der Waals surface area contributed by atoms with Crippen LogP contribution in [-0.4, -0.2) is 36.8 Å². The van der Waals surface area contributed by atoms with Crippen molar-refractivity contribution in [2.75, 3.05) is 0 Å². The molecule has 2 aliphatic rings. The van der Waals surface area contributed by atoms with Crippen molar-refractivity contribution in [2.24, 2.45) is 4.99 Å². The van der Waals surface area contributed by atoms with Gasteiger partial charge >= 0.3 is 6.85 Å². The van der Waals surface area contributed by atoms with Gasteiger partial charge in [0.1, 0.15) is 28.8 Å². The van der Waals surface area contributed by atoms with Crippen LogP contribution in [-0.2, 0) is 5.41 Å². The highest BCUT2D eigenvalue weighted by molar-refractivity contribution is 6.86. The summed E-state index contributed by atoms with van der Waals surface area (Å²) in [5.74, 6) is 3.25. The lowest BCUT2D eigenvalue weighted by atomic mass is 9.48. The molecule has 0 atom stereocenters. The molecule has 0 fully saturated rings. The number of para-hydroxylation sites is 1. The monoisotopic (exact) mass is 664 g/mol. The maximum Gasteiger partial charge on any atom is 0.352 e. The smallest absolute Gasteiger partial charge is 0.352 e. The number of nitrogens with zero attached hydrogens (tertiary/aromatic N) is 6. The highest BCUT2D eigenvalue weighted by Gasteiger charge is 2.40. The minimum absolute atomic E-state index is 0.00149. The maximum atomic E-state index is 6.64. The summed E-state index contributed by atoms with van der Waals surface area (Å²) in [6.45, 7) is 10.9. The van der Waals surface area contributed by atoms with Crippen LogP contribution in [0.5, 0.6) is 11.5 Å². The van der Waals surface area contributed by atoms with Crippen molar-refractivity contribution < 1.29 is 4.74 Å². The van der Waals surface area contributed by atoms with Crippen molar-refractivity contribution in [3.8, 4) is 23.0 Å². The number of pyridine rings is 1. The Labute approximate surface area is 298 Å². The number of hydrogen-bond acceptors (Lipinski definition) is 5. The van der Waals surface area contributed by atoms with E-state index in [9.17, 15) is 0 Å². The normalized spacial score (nSPS) is 13.9. The minimum atomic E-state index is -0.100. The van der Waals surface area contributed by atoms with Gasteiger partial charge in [-0.3, -0.25) is 4.57 Å². The second kappa shape index (κ2) is 11.7. The zero-order valence-corrected chi connectivity index (χ0v) is 29.4. The van der Waals surface area contributed by atoms with Gasteiger partial charge in [0, 0.05) is 29.1 Å². The molecule has 7 aromatic rings. The molecule has 9 rings (SSSR count). The minimum Gasteiger partial charge on any atom is -0.457 e. The number of hydrogen-bond donors (Lipinski definition) is 0. The van der Waals surface area contributed by atoms with Crippen molar-refractivity contribution in [3.05, 3.63) is 151 Å². The molecule has 0 spiro atoms. The first-order valence-corrected chi connectivity index (χ1v) is 17.4. The Hall–Kier alpha value is -6.15. The molecule has 7 nitrogen and oxygen atoms in total. The molecule has 0 saturated carbocycles. The SMILES string of the molecule is Cc1cccc(C)c1B1c2c(cnn2-c2cccc(Oc3ccc4c5ccccc5n(-c5cc(C(C)(C)C)ccn5)c4c3)c2)N=C2C=CC=CN12. The molecular weight excluding hydrogens is 627 g/mol. The Morgan fingerprint density at radius 1 is 0.745 bits per heavy atom. The summed E-state index contributed by atoms with van der Waals surface area (Å²) in [5.41, 5.74) is 9.88. The molecule has 0 N–H and O–H groups in total. The van der Waals surface area contributed by atoms with E-state index in [4.69, 9.17) is 19.8 Å². The van der Waals surface area contributed by atoms with Gasteiger partial charge in [-0.15, -0.1) is 0 Å². The molecule has 0 radical (unpaired) electrons. The lowest BCUT2D eigenvalue weighted by molar-refractivity contribution is 0.483. The first kappa shape index (κ1) is 30.9. The summed E-state index contributed by atoms with van der Waals surface area (Å²) in [5, 5.41) is 7.24. The Morgan fingerprint density at radius 2 is 1.53 bits per heavy atom. The van der Waals surface area contributed by atoms with Crippen molar-refractivity contribution in [3.63, 3.8) is 0 Å². The van der Waals surface area contributed by atoms with Crippen molar-refractivity contribution in [1.82, 2.24) is 24.1 Å². The van der Waals surface area contributed by atoms with Crippen molar-refractivity contribution in [1.29, 1.82) is 0 Å². The van der Waals surface area contributed by atoms with Crippen molar-refractivity contribution >= 4 is 51.2 Å². The quantitative estimate of drug-likeness (QED) is 0.173. The molecule has 0 bridgehead atoms. The standard InChI is InChI=1S/C43H37BN6O/c1-28-12-10-13-29(2)41(28)44-42-36(47-39-18-8-9-23-48(39)44)27-46-50(42)31-14-11-15-32(25-31)51-33-19-20-35-34-16-6-7-17-37(34)49(38(35)26-33)40-24-30(21-22-45-40)43(3,4)5/h6-27H,1-5H3. The summed E-state index contributed by atoms with van der Waals surface area (Å²) < 4.78 is 10.9. The molecular formula is C43H37BN6O. The molecule has 0 aliphatic carbocycles. The molecule has 2 aliphatic heterocycles. The molecule has 248 valence electrons. The summed E-state index contributed by atoms with van der Waals surface area (Å²) in [4.78, 5) is 12.1. The van der Waals surface area contributed by atoms with Crippen LogP contribution in [0.2, 0.25) is 0 Å². The predicted octanol–water partition coefficient (Wildman–Crippen LogP) is 8.61. The molecule has 5 heterocycles. The third kappa shape index (κ3) is 5.17. The van der Waals surface area contributed by atoms with E-state index in [0.29, 0.717) is 0 Å². The lowest BCUT2D eigenvalue weighted by Crippen LogP contribution is -2.61. The van der Waals surface area contributed by atoms with Crippen LogP contribution in [0.4, 0.5) is 5.69 Å². The molecule has 0 saturated heterocycles. The Bertz CT molecular complexity index is 2580. The van der Waals surface area contributed by atoms with E-state index < -0.39 is 0 Å². The number of aryl methyl sites for hydroxylation is 2. The highest BCUT2D eigenvalue weighted by atomic mass is 16.5. The molecule has 4 aromatic carbocycles. The van der Waals surface area contributed by atoms with E-state index in [1.165, 1.54) is 27.5 Å². The molecule has 0 unspecified atom stereocenters. The van der Waals surface area contributed by atoms with Crippen LogP contribution >= 0.6 is 0 Å². The fraction of sp³-hybridized carbons (Fsp3) is 0.140. The van der Waals surface area contributed by atoms with Gasteiger partial charge < -0.3 is 9.55 Å². The van der Waals surface area contributed by atoms with Crippen LogP contribution < -0.4 is 15.8 Å². The number of allylic oxidation sites excluding steroid dienone is 2. The molecule has 0 amide bonds. The number of rotatable bonds is 5. The summed E-state index contributed by atoms with van der Waals surface area (Å²) in [7, 11) is 0. The highest BCUT2D eigenvalue weighted by Crippen LogP contribution is 2.36. The average Bonchev–Trinajstić information content (AvgIpc) is 3.70.